The molecule has 0 saturated heterocycles. The second-order valence-corrected chi connectivity index (χ2v) is 8.29. The molecule has 1 rings (SSSR count). The van der Waals surface area contributed by atoms with Gasteiger partial charge in [0.25, 0.3) is 0 Å². The zero-order valence-corrected chi connectivity index (χ0v) is 18.0. The minimum absolute atomic E-state index is 0.153. The molecule has 1 aliphatic carbocycles. The maximum atomic E-state index is 10.6. The van der Waals surface area contributed by atoms with Crippen LogP contribution in [0.15, 0.2) is 0 Å². The van der Waals surface area contributed by atoms with Crippen molar-refractivity contribution >= 4 is 5.91 Å². The van der Waals surface area contributed by atoms with Gasteiger partial charge in [-0.15, -0.1) is 0 Å². The molecule has 0 atom stereocenters. The van der Waals surface area contributed by atoms with Gasteiger partial charge in [-0.1, -0.05) is 135 Å². The summed E-state index contributed by atoms with van der Waals surface area (Å²) in [5, 5.41) is 0. The van der Waals surface area contributed by atoms with Crippen LogP contribution in [0.4, 0.5) is 0 Å². The molecule has 0 aliphatic heterocycles. The van der Waals surface area contributed by atoms with Crippen molar-refractivity contribution in [2.75, 3.05) is 0 Å². The van der Waals surface area contributed by atoms with Crippen molar-refractivity contribution in [2.45, 2.75) is 148 Å². The number of hydrogen-bond acceptors (Lipinski definition) is 1. The number of amides is 1. The molecule has 0 aromatic rings. The molecule has 156 valence electrons. The van der Waals surface area contributed by atoms with Crippen molar-refractivity contribution in [2.24, 2.45) is 5.73 Å². The van der Waals surface area contributed by atoms with E-state index in [-0.39, 0.29) is 5.91 Å². The number of nitrogens with two attached hydrogens (primary N) is 1. The van der Waals surface area contributed by atoms with Crippen LogP contribution >= 0.6 is 0 Å². The van der Waals surface area contributed by atoms with E-state index in [4.69, 9.17) is 5.73 Å². The summed E-state index contributed by atoms with van der Waals surface area (Å²) < 4.78 is 0. The monoisotopic (exact) mass is 367 g/mol. The highest BCUT2D eigenvalue weighted by molar-refractivity contribution is 5.73. The Morgan fingerprint density at radius 2 is 0.808 bits per heavy atom. The van der Waals surface area contributed by atoms with Crippen LogP contribution in [0.3, 0.4) is 0 Å². The quantitative estimate of drug-likeness (QED) is 0.275. The molecule has 0 radical (unpaired) electrons. The molecular weight excluding hydrogens is 318 g/mol. The van der Waals surface area contributed by atoms with Gasteiger partial charge in [0.05, 0.1) is 0 Å². The third-order valence-corrected chi connectivity index (χ3v) is 5.53. The van der Waals surface area contributed by atoms with Crippen LogP contribution in [0.2, 0.25) is 0 Å². The molecule has 0 unspecified atom stereocenters. The summed E-state index contributed by atoms with van der Waals surface area (Å²) in [5.74, 6) is -0.153. The van der Waals surface area contributed by atoms with Gasteiger partial charge in [0.15, 0.2) is 0 Å². The van der Waals surface area contributed by atoms with Gasteiger partial charge in [-0.05, 0) is 6.42 Å². The highest BCUT2D eigenvalue weighted by atomic mass is 16.1. The van der Waals surface area contributed by atoms with E-state index < -0.39 is 0 Å². The van der Waals surface area contributed by atoms with Gasteiger partial charge in [0, 0.05) is 6.42 Å². The third-order valence-electron chi connectivity index (χ3n) is 5.53. The second kappa shape index (κ2) is 22.5. The van der Waals surface area contributed by atoms with Crippen molar-refractivity contribution in [1.82, 2.24) is 0 Å². The van der Waals surface area contributed by atoms with Crippen molar-refractivity contribution in [3.63, 3.8) is 0 Å². The highest BCUT2D eigenvalue weighted by Gasteiger charge is 1.96. The van der Waals surface area contributed by atoms with E-state index in [9.17, 15) is 4.79 Å². The first-order chi connectivity index (χ1) is 12.8. The molecule has 0 aromatic carbocycles. The first kappa shape index (κ1) is 25.5. The van der Waals surface area contributed by atoms with Crippen LogP contribution in [-0.2, 0) is 4.79 Å². The Hall–Kier alpha value is -0.530. The molecule has 2 heteroatoms. The molecule has 2 N–H and O–H groups in total. The van der Waals surface area contributed by atoms with Crippen molar-refractivity contribution in [3.8, 4) is 0 Å². The zero-order valence-electron chi connectivity index (χ0n) is 18.0. The number of rotatable bonds is 16. The zero-order chi connectivity index (χ0) is 19.1. The Kier molecular flexibility index (Phi) is 22.1. The maximum Gasteiger partial charge on any atom is 0.217 e. The van der Waals surface area contributed by atoms with Gasteiger partial charge < -0.3 is 5.73 Å². The fourth-order valence-corrected chi connectivity index (χ4v) is 3.73. The number of primary amides is 1. The largest absolute Gasteiger partial charge is 0.370 e. The predicted molar refractivity (Wildman–Crippen MR) is 116 cm³/mol. The molecule has 1 amide bonds. The normalized spacial score (nSPS) is 13.9. The summed E-state index contributed by atoms with van der Waals surface area (Å²) in [6.45, 7) is 2.28. The lowest BCUT2D eigenvalue weighted by Crippen LogP contribution is -2.09. The Balaban J connectivity index is 0.000000867. The van der Waals surface area contributed by atoms with Crippen molar-refractivity contribution < 1.29 is 4.79 Å². The Morgan fingerprint density at radius 1 is 0.538 bits per heavy atom. The van der Waals surface area contributed by atoms with Crippen LogP contribution < -0.4 is 5.73 Å². The van der Waals surface area contributed by atoms with E-state index in [1.54, 1.807) is 0 Å². The van der Waals surface area contributed by atoms with Gasteiger partial charge in [0.1, 0.15) is 0 Å². The van der Waals surface area contributed by atoms with Crippen molar-refractivity contribution in [1.29, 1.82) is 0 Å². The lowest BCUT2D eigenvalue weighted by molar-refractivity contribution is -0.118. The first-order valence-corrected chi connectivity index (χ1v) is 12.1. The minimum atomic E-state index is -0.153. The molecule has 2 nitrogen and oxygen atoms in total. The maximum absolute atomic E-state index is 10.6. The summed E-state index contributed by atoms with van der Waals surface area (Å²) in [6.07, 6.45) is 29.9. The molecular formula is C24H49NO. The standard InChI is InChI=1S/C18H37NO.C6H12/c1-2-3-4-5-6-7-8-9-10-11-12-13-14-15-16-17-18(19)20;1-2-4-6-5-3-1/h2-17H2,1H3,(H2,19,20);1-6H2. The SMILES string of the molecule is C1CCCCC1.CCCCCCCCCCCCCCCCCC(N)=O. The number of hydrogen-bond donors (Lipinski definition) is 1. The number of unbranched alkanes of at least 4 members (excludes halogenated alkanes) is 14. The van der Waals surface area contributed by atoms with Crippen molar-refractivity contribution in [3.05, 3.63) is 0 Å². The van der Waals surface area contributed by atoms with E-state index in [0.29, 0.717) is 6.42 Å². The topological polar surface area (TPSA) is 43.1 Å². The van der Waals surface area contributed by atoms with E-state index in [2.05, 4.69) is 6.92 Å². The summed E-state index contributed by atoms with van der Waals surface area (Å²) in [6, 6.07) is 0. The Bertz CT molecular complexity index is 262. The summed E-state index contributed by atoms with van der Waals surface area (Å²) >= 11 is 0. The van der Waals surface area contributed by atoms with Gasteiger partial charge >= 0.3 is 0 Å². The minimum Gasteiger partial charge on any atom is -0.370 e. The van der Waals surface area contributed by atoms with E-state index >= 15 is 0 Å². The number of carbonyl (C=O) groups excluding carboxylic acids is 1. The fourth-order valence-electron chi connectivity index (χ4n) is 3.73. The molecule has 0 aromatic heterocycles. The fraction of sp³-hybridized carbons (Fsp3) is 0.958. The summed E-state index contributed by atoms with van der Waals surface area (Å²) in [5.41, 5.74) is 5.11. The number of carbonyl (C=O) groups is 1. The molecule has 0 bridgehead atoms. The van der Waals surface area contributed by atoms with Crippen LogP contribution in [0.5, 0.6) is 0 Å². The van der Waals surface area contributed by atoms with Gasteiger partial charge in [0.2, 0.25) is 5.91 Å². The van der Waals surface area contributed by atoms with Gasteiger partial charge in [-0.2, -0.15) is 0 Å². The smallest absolute Gasteiger partial charge is 0.217 e. The molecule has 26 heavy (non-hydrogen) atoms. The summed E-state index contributed by atoms with van der Waals surface area (Å²) in [4.78, 5) is 10.6. The lowest BCUT2D eigenvalue weighted by atomic mass is 10.0. The molecule has 0 spiro atoms. The Morgan fingerprint density at radius 3 is 1.08 bits per heavy atom. The van der Waals surface area contributed by atoms with Crippen LogP contribution in [-0.4, -0.2) is 5.91 Å². The summed E-state index contributed by atoms with van der Waals surface area (Å²) in [7, 11) is 0. The van der Waals surface area contributed by atoms with Crippen LogP contribution in [0.25, 0.3) is 0 Å². The third kappa shape index (κ3) is 23.5. The van der Waals surface area contributed by atoms with E-state index in [1.807, 2.05) is 0 Å². The predicted octanol–water partition coefficient (Wildman–Crippen LogP) is 8.07. The first-order valence-electron chi connectivity index (χ1n) is 12.1. The molecule has 1 saturated carbocycles. The van der Waals surface area contributed by atoms with E-state index in [1.165, 1.54) is 128 Å². The van der Waals surface area contributed by atoms with Crippen LogP contribution in [0, 0.1) is 0 Å². The Labute approximate surface area is 165 Å². The lowest BCUT2D eigenvalue weighted by Gasteiger charge is -2.05. The second-order valence-electron chi connectivity index (χ2n) is 8.29. The highest BCUT2D eigenvalue weighted by Crippen LogP contribution is 2.15. The van der Waals surface area contributed by atoms with Gasteiger partial charge in [-0.3, -0.25) is 4.79 Å². The van der Waals surface area contributed by atoms with Crippen LogP contribution in [0.1, 0.15) is 148 Å². The van der Waals surface area contributed by atoms with Gasteiger partial charge in [-0.25, -0.2) is 0 Å². The molecule has 0 heterocycles. The average Bonchev–Trinajstić information content (AvgIpc) is 2.66. The molecule has 1 aliphatic rings. The molecule has 1 fully saturated rings. The van der Waals surface area contributed by atoms with E-state index in [0.717, 1.165) is 6.42 Å². The average molecular weight is 368 g/mol.